The molecule has 0 aromatic heterocycles. The van der Waals surface area contributed by atoms with E-state index >= 15 is 0 Å². The molecule has 2 fully saturated rings. The van der Waals surface area contributed by atoms with Crippen LogP contribution in [-0.4, -0.2) is 22.2 Å². The van der Waals surface area contributed by atoms with Gasteiger partial charge in [0.15, 0.2) is 0 Å². The predicted octanol–water partition coefficient (Wildman–Crippen LogP) is 4.49. The Balaban J connectivity index is 1.71. The van der Waals surface area contributed by atoms with Crippen molar-refractivity contribution in [1.82, 2.24) is 0 Å². The number of aliphatic hydroxyl groups excluding tert-OH is 1. The molecule has 0 bridgehead atoms. The molecule has 1 nitrogen and oxygen atoms in total. The van der Waals surface area contributed by atoms with E-state index in [0.717, 1.165) is 22.8 Å². The second-order valence-corrected chi connectivity index (χ2v) is 8.17. The monoisotopic (exact) mass is 270 g/mol. The lowest BCUT2D eigenvalue weighted by Gasteiger charge is -2.34. The first-order chi connectivity index (χ1) is 8.65. The standard InChI is InChI=1S/C16H30OS/c1-12-8-13(2)10-14(9-12)16(17)11-18-15-6-4-3-5-7-15/h12-17H,3-11H2,1-2H3. The third-order valence-corrected chi connectivity index (χ3v) is 6.29. The average molecular weight is 270 g/mol. The van der Waals surface area contributed by atoms with Crippen molar-refractivity contribution in [2.45, 2.75) is 76.6 Å². The molecule has 1 N–H and O–H groups in total. The highest BCUT2D eigenvalue weighted by molar-refractivity contribution is 7.99. The zero-order chi connectivity index (χ0) is 13.0. The smallest absolute Gasteiger partial charge is 0.0659 e. The summed E-state index contributed by atoms with van der Waals surface area (Å²) in [6.45, 7) is 4.70. The molecule has 18 heavy (non-hydrogen) atoms. The number of hydrogen-bond donors (Lipinski definition) is 1. The van der Waals surface area contributed by atoms with Crippen LogP contribution in [0.15, 0.2) is 0 Å². The molecule has 0 heterocycles. The first kappa shape index (κ1) is 14.7. The van der Waals surface area contributed by atoms with Crippen molar-refractivity contribution in [3.05, 3.63) is 0 Å². The van der Waals surface area contributed by atoms with E-state index in [0.29, 0.717) is 5.92 Å². The summed E-state index contributed by atoms with van der Waals surface area (Å²) in [5, 5.41) is 11.3. The van der Waals surface area contributed by atoms with Gasteiger partial charge in [-0.1, -0.05) is 33.1 Å². The molecule has 2 saturated carbocycles. The van der Waals surface area contributed by atoms with Crippen LogP contribution in [0.1, 0.15) is 65.2 Å². The summed E-state index contributed by atoms with van der Waals surface area (Å²) < 4.78 is 0. The van der Waals surface area contributed by atoms with Gasteiger partial charge in [0, 0.05) is 11.0 Å². The van der Waals surface area contributed by atoms with E-state index in [1.807, 2.05) is 0 Å². The Bertz CT molecular complexity index is 227. The second kappa shape index (κ2) is 7.19. The fourth-order valence-corrected chi connectivity index (χ4v) is 5.33. The fraction of sp³-hybridized carbons (Fsp3) is 1.00. The van der Waals surface area contributed by atoms with E-state index in [4.69, 9.17) is 0 Å². The molecule has 0 amide bonds. The molecule has 0 aliphatic heterocycles. The van der Waals surface area contributed by atoms with Crippen molar-refractivity contribution in [3.8, 4) is 0 Å². The molecular formula is C16H30OS. The average Bonchev–Trinajstić information content (AvgIpc) is 2.36. The molecule has 0 aromatic rings. The van der Waals surface area contributed by atoms with E-state index < -0.39 is 0 Å². The SMILES string of the molecule is CC1CC(C)CC(C(O)CSC2CCCCC2)C1. The van der Waals surface area contributed by atoms with E-state index in [1.54, 1.807) is 0 Å². The lowest BCUT2D eigenvalue weighted by Crippen LogP contribution is -2.31. The van der Waals surface area contributed by atoms with Gasteiger partial charge in [0.2, 0.25) is 0 Å². The summed E-state index contributed by atoms with van der Waals surface area (Å²) in [6.07, 6.45) is 10.8. The Morgan fingerprint density at radius 2 is 1.61 bits per heavy atom. The van der Waals surface area contributed by atoms with Crippen LogP contribution in [-0.2, 0) is 0 Å². The van der Waals surface area contributed by atoms with Gasteiger partial charge in [-0.05, 0) is 49.9 Å². The second-order valence-electron chi connectivity index (χ2n) is 6.84. The fourth-order valence-electron chi connectivity index (χ4n) is 3.93. The lowest BCUT2D eigenvalue weighted by molar-refractivity contribution is 0.0722. The van der Waals surface area contributed by atoms with Crippen LogP contribution in [0.5, 0.6) is 0 Å². The summed E-state index contributed by atoms with van der Waals surface area (Å²) in [5.74, 6) is 3.18. The Morgan fingerprint density at radius 1 is 1.00 bits per heavy atom. The minimum Gasteiger partial charge on any atom is -0.392 e. The number of rotatable bonds is 4. The van der Waals surface area contributed by atoms with Crippen molar-refractivity contribution in [1.29, 1.82) is 0 Å². The van der Waals surface area contributed by atoms with Gasteiger partial charge in [-0.15, -0.1) is 0 Å². The van der Waals surface area contributed by atoms with Gasteiger partial charge in [-0.25, -0.2) is 0 Å². The normalized spacial score (nSPS) is 36.5. The predicted molar refractivity (Wildman–Crippen MR) is 81.0 cm³/mol. The number of aliphatic hydroxyl groups is 1. The summed E-state index contributed by atoms with van der Waals surface area (Å²) in [6, 6.07) is 0. The zero-order valence-electron chi connectivity index (χ0n) is 12.1. The van der Waals surface area contributed by atoms with Crippen LogP contribution in [0, 0.1) is 17.8 Å². The van der Waals surface area contributed by atoms with Gasteiger partial charge in [-0.2, -0.15) is 11.8 Å². The Kier molecular flexibility index (Phi) is 5.88. The largest absolute Gasteiger partial charge is 0.392 e. The molecule has 3 unspecified atom stereocenters. The minimum atomic E-state index is -0.0536. The molecule has 0 radical (unpaired) electrons. The van der Waals surface area contributed by atoms with Gasteiger partial charge >= 0.3 is 0 Å². The molecule has 106 valence electrons. The van der Waals surface area contributed by atoms with Crippen molar-refractivity contribution in [2.24, 2.45) is 17.8 Å². The van der Waals surface area contributed by atoms with Crippen molar-refractivity contribution in [2.75, 3.05) is 5.75 Å². The molecule has 0 spiro atoms. The van der Waals surface area contributed by atoms with Crippen LogP contribution in [0.2, 0.25) is 0 Å². The van der Waals surface area contributed by atoms with Crippen molar-refractivity contribution < 1.29 is 5.11 Å². The summed E-state index contributed by atoms with van der Waals surface area (Å²) in [5.41, 5.74) is 0. The molecular weight excluding hydrogens is 240 g/mol. The molecule has 2 heteroatoms. The summed E-state index contributed by atoms with van der Waals surface area (Å²) in [7, 11) is 0. The third kappa shape index (κ3) is 4.45. The molecule has 2 aliphatic rings. The first-order valence-corrected chi connectivity index (χ1v) is 8.99. The van der Waals surface area contributed by atoms with E-state index in [-0.39, 0.29) is 6.10 Å². The Hall–Kier alpha value is 0.310. The van der Waals surface area contributed by atoms with Gasteiger partial charge in [-0.3, -0.25) is 0 Å². The van der Waals surface area contributed by atoms with Gasteiger partial charge in [0.05, 0.1) is 6.10 Å². The van der Waals surface area contributed by atoms with Gasteiger partial charge in [0.25, 0.3) is 0 Å². The third-order valence-electron chi connectivity index (χ3n) is 4.81. The molecule has 2 rings (SSSR count). The van der Waals surface area contributed by atoms with Crippen molar-refractivity contribution in [3.63, 3.8) is 0 Å². The van der Waals surface area contributed by atoms with Gasteiger partial charge < -0.3 is 5.11 Å². The van der Waals surface area contributed by atoms with E-state index in [9.17, 15) is 5.11 Å². The van der Waals surface area contributed by atoms with Crippen molar-refractivity contribution >= 4 is 11.8 Å². The van der Waals surface area contributed by atoms with Crippen LogP contribution in [0.4, 0.5) is 0 Å². The Labute approximate surface area is 117 Å². The van der Waals surface area contributed by atoms with Crippen LogP contribution in [0.25, 0.3) is 0 Å². The highest BCUT2D eigenvalue weighted by Crippen LogP contribution is 2.36. The maximum atomic E-state index is 10.4. The topological polar surface area (TPSA) is 20.2 Å². The van der Waals surface area contributed by atoms with Crippen LogP contribution >= 0.6 is 11.8 Å². The molecule has 0 saturated heterocycles. The zero-order valence-corrected chi connectivity index (χ0v) is 12.9. The quantitative estimate of drug-likeness (QED) is 0.812. The highest BCUT2D eigenvalue weighted by Gasteiger charge is 2.29. The maximum Gasteiger partial charge on any atom is 0.0659 e. The number of thioether (sulfide) groups is 1. The summed E-state index contributed by atoms with van der Waals surface area (Å²) >= 11 is 2.05. The lowest BCUT2D eigenvalue weighted by atomic mass is 9.75. The summed E-state index contributed by atoms with van der Waals surface area (Å²) in [4.78, 5) is 0. The highest BCUT2D eigenvalue weighted by atomic mass is 32.2. The van der Waals surface area contributed by atoms with E-state index in [2.05, 4.69) is 25.6 Å². The van der Waals surface area contributed by atoms with E-state index in [1.165, 1.54) is 51.4 Å². The first-order valence-electron chi connectivity index (χ1n) is 7.94. The maximum absolute atomic E-state index is 10.4. The van der Waals surface area contributed by atoms with Gasteiger partial charge in [0.1, 0.15) is 0 Å². The minimum absolute atomic E-state index is 0.0536. The Morgan fingerprint density at radius 3 is 2.22 bits per heavy atom. The van der Waals surface area contributed by atoms with Crippen LogP contribution < -0.4 is 0 Å². The molecule has 2 aliphatic carbocycles. The molecule has 0 aromatic carbocycles. The molecule has 3 atom stereocenters. The van der Waals surface area contributed by atoms with Crippen LogP contribution in [0.3, 0.4) is 0 Å². The number of hydrogen-bond acceptors (Lipinski definition) is 2.